The minimum absolute atomic E-state index is 0.0153. The van der Waals surface area contributed by atoms with Crippen molar-refractivity contribution in [3.8, 4) is 0 Å². The van der Waals surface area contributed by atoms with E-state index in [0.29, 0.717) is 0 Å². The van der Waals surface area contributed by atoms with Crippen LogP contribution < -0.4 is 21.3 Å². The summed E-state index contributed by atoms with van der Waals surface area (Å²) in [6.45, 7) is 0.534. The first-order chi connectivity index (χ1) is 17.4. The number of aromatic nitrogens is 2. The molecular formula is C22H25ClF4N6O4. The minimum atomic E-state index is -4.65. The molecule has 2 heterocycles. The Hall–Kier alpha value is -3.39. The highest BCUT2D eigenvalue weighted by molar-refractivity contribution is 6.31. The van der Waals surface area contributed by atoms with Crippen molar-refractivity contribution in [2.24, 2.45) is 5.92 Å². The SMILES string of the molecule is Nc1ncnc(N2CCC(C(=O)O)[C@@H](NCCCC(Nc3cc(Cl)cc(C(F)(F)F)c3)C(=O)O)C2)c1F. The molecule has 1 aromatic carbocycles. The third kappa shape index (κ3) is 7.32. The van der Waals surface area contributed by atoms with E-state index >= 15 is 0 Å². The van der Waals surface area contributed by atoms with Crippen LogP contribution in [0.15, 0.2) is 24.5 Å². The molecule has 2 unspecified atom stereocenters. The van der Waals surface area contributed by atoms with E-state index in [-0.39, 0.29) is 61.2 Å². The van der Waals surface area contributed by atoms with Crippen molar-refractivity contribution in [3.63, 3.8) is 0 Å². The van der Waals surface area contributed by atoms with E-state index in [9.17, 15) is 37.4 Å². The first kappa shape index (κ1) is 28.2. The molecule has 1 aliphatic heterocycles. The van der Waals surface area contributed by atoms with Crippen molar-refractivity contribution in [1.82, 2.24) is 15.3 Å². The third-order valence-corrected chi connectivity index (χ3v) is 6.19. The largest absolute Gasteiger partial charge is 0.481 e. The number of benzene rings is 1. The van der Waals surface area contributed by atoms with Gasteiger partial charge in [-0.2, -0.15) is 17.6 Å². The van der Waals surface area contributed by atoms with Gasteiger partial charge in [-0.15, -0.1) is 0 Å². The molecule has 202 valence electrons. The monoisotopic (exact) mass is 548 g/mol. The normalized spacial score (nSPS) is 18.9. The molecule has 0 radical (unpaired) electrons. The highest BCUT2D eigenvalue weighted by atomic mass is 35.5. The number of carboxylic acid groups (broad SMARTS) is 2. The number of rotatable bonds is 10. The average molecular weight is 549 g/mol. The maximum atomic E-state index is 14.4. The van der Waals surface area contributed by atoms with Gasteiger partial charge in [-0.3, -0.25) is 4.79 Å². The number of piperidine rings is 1. The van der Waals surface area contributed by atoms with E-state index in [0.717, 1.165) is 18.5 Å². The number of carboxylic acids is 2. The Labute approximate surface area is 213 Å². The molecule has 0 amide bonds. The van der Waals surface area contributed by atoms with Gasteiger partial charge in [0.25, 0.3) is 0 Å². The lowest BCUT2D eigenvalue weighted by molar-refractivity contribution is -0.143. The molecule has 3 rings (SSSR count). The van der Waals surface area contributed by atoms with Crippen LogP contribution in [-0.2, 0) is 15.8 Å². The summed E-state index contributed by atoms with van der Waals surface area (Å²) >= 11 is 5.76. The first-order valence-electron chi connectivity index (χ1n) is 11.2. The van der Waals surface area contributed by atoms with Gasteiger partial charge >= 0.3 is 18.1 Å². The van der Waals surface area contributed by atoms with Crippen molar-refractivity contribution in [1.29, 1.82) is 0 Å². The number of anilines is 3. The molecule has 2 aromatic rings. The summed E-state index contributed by atoms with van der Waals surface area (Å²) in [5, 5.41) is 24.5. The predicted octanol–water partition coefficient (Wildman–Crippen LogP) is 3.08. The third-order valence-electron chi connectivity index (χ3n) is 5.97. The van der Waals surface area contributed by atoms with Gasteiger partial charge in [0.15, 0.2) is 11.6 Å². The number of nitrogen functional groups attached to an aromatic ring is 1. The maximum absolute atomic E-state index is 14.4. The second-order valence-corrected chi connectivity index (χ2v) is 8.98. The first-order valence-corrected chi connectivity index (χ1v) is 11.6. The molecule has 15 heteroatoms. The molecule has 3 atom stereocenters. The molecule has 1 saturated heterocycles. The number of hydrogen-bond acceptors (Lipinski definition) is 8. The highest BCUT2D eigenvalue weighted by Crippen LogP contribution is 2.33. The highest BCUT2D eigenvalue weighted by Gasteiger charge is 2.35. The number of aliphatic carboxylic acids is 2. The zero-order chi connectivity index (χ0) is 27.3. The Kier molecular flexibility index (Phi) is 8.97. The Bertz CT molecular complexity index is 1140. The quantitative estimate of drug-likeness (QED) is 0.221. The minimum Gasteiger partial charge on any atom is -0.481 e. The summed E-state index contributed by atoms with van der Waals surface area (Å²) in [6, 6.07) is 0.865. The van der Waals surface area contributed by atoms with E-state index in [1.165, 1.54) is 6.07 Å². The van der Waals surface area contributed by atoms with Gasteiger partial charge in [-0.1, -0.05) is 11.6 Å². The molecule has 0 bridgehead atoms. The van der Waals surface area contributed by atoms with Gasteiger partial charge in [0.2, 0.25) is 5.82 Å². The van der Waals surface area contributed by atoms with Crippen LogP contribution in [0.4, 0.5) is 34.9 Å². The number of alkyl halides is 3. The lowest BCUT2D eigenvalue weighted by atomic mass is 9.91. The smallest absolute Gasteiger partial charge is 0.416 e. The zero-order valence-electron chi connectivity index (χ0n) is 19.3. The van der Waals surface area contributed by atoms with Crippen LogP contribution in [0.2, 0.25) is 5.02 Å². The van der Waals surface area contributed by atoms with Gasteiger partial charge in [0.1, 0.15) is 12.4 Å². The lowest BCUT2D eigenvalue weighted by Crippen LogP contribution is -2.54. The summed E-state index contributed by atoms with van der Waals surface area (Å²) in [4.78, 5) is 32.5. The summed E-state index contributed by atoms with van der Waals surface area (Å²) < 4.78 is 53.5. The summed E-state index contributed by atoms with van der Waals surface area (Å²) in [5.74, 6) is -4.27. The van der Waals surface area contributed by atoms with Crippen molar-refractivity contribution in [2.45, 2.75) is 37.5 Å². The van der Waals surface area contributed by atoms with Crippen molar-refractivity contribution >= 4 is 40.9 Å². The molecule has 0 saturated carbocycles. The Balaban J connectivity index is 1.61. The molecule has 1 aromatic heterocycles. The number of nitrogens with two attached hydrogens (primary N) is 1. The number of nitrogens with zero attached hydrogens (tertiary/aromatic N) is 3. The number of hydrogen-bond donors (Lipinski definition) is 5. The predicted molar refractivity (Wildman–Crippen MR) is 127 cm³/mol. The lowest BCUT2D eigenvalue weighted by Gasteiger charge is -2.38. The Morgan fingerprint density at radius 3 is 2.62 bits per heavy atom. The average Bonchev–Trinajstić information content (AvgIpc) is 2.81. The fourth-order valence-corrected chi connectivity index (χ4v) is 4.36. The molecular weight excluding hydrogens is 524 g/mol. The van der Waals surface area contributed by atoms with Gasteiger partial charge in [-0.25, -0.2) is 14.8 Å². The van der Waals surface area contributed by atoms with E-state index < -0.39 is 47.5 Å². The maximum Gasteiger partial charge on any atom is 0.416 e. The second kappa shape index (κ2) is 11.8. The summed E-state index contributed by atoms with van der Waals surface area (Å²) in [5.41, 5.74) is 4.39. The Morgan fingerprint density at radius 2 is 1.97 bits per heavy atom. The molecule has 0 spiro atoms. The van der Waals surface area contributed by atoms with Crippen LogP contribution in [0.5, 0.6) is 0 Å². The van der Waals surface area contributed by atoms with Crippen LogP contribution in [0.25, 0.3) is 0 Å². The van der Waals surface area contributed by atoms with Gasteiger partial charge in [-0.05, 0) is 44.0 Å². The Morgan fingerprint density at radius 1 is 1.24 bits per heavy atom. The van der Waals surface area contributed by atoms with Crippen molar-refractivity contribution in [2.75, 3.05) is 35.6 Å². The van der Waals surface area contributed by atoms with E-state index in [4.69, 9.17) is 17.3 Å². The molecule has 0 aliphatic carbocycles. The molecule has 37 heavy (non-hydrogen) atoms. The van der Waals surface area contributed by atoms with Crippen LogP contribution >= 0.6 is 11.6 Å². The fraction of sp³-hybridized carbons (Fsp3) is 0.455. The molecule has 10 nitrogen and oxygen atoms in total. The summed E-state index contributed by atoms with van der Waals surface area (Å²) in [7, 11) is 0. The number of nitrogens with one attached hydrogen (secondary N) is 2. The van der Waals surface area contributed by atoms with E-state index in [1.54, 1.807) is 4.90 Å². The molecule has 1 aliphatic rings. The van der Waals surface area contributed by atoms with Gasteiger partial charge in [0, 0.05) is 29.8 Å². The van der Waals surface area contributed by atoms with E-state index in [2.05, 4.69) is 20.6 Å². The zero-order valence-corrected chi connectivity index (χ0v) is 20.1. The fourth-order valence-electron chi connectivity index (χ4n) is 4.13. The number of halogens is 5. The van der Waals surface area contributed by atoms with Crippen LogP contribution in [-0.4, -0.2) is 63.8 Å². The topological polar surface area (TPSA) is 154 Å². The van der Waals surface area contributed by atoms with Crippen LogP contribution in [0, 0.1) is 11.7 Å². The van der Waals surface area contributed by atoms with Crippen molar-refractivity contribution in [3.05, 3.63) is 40.9 Å². The van der Waals surface area contributed by atoms with Gasteiger partial charge < -0.3 is 31.5 Å². The van der Waals surface area contributed by atoms with E-state index in [1.807, 2.05) is 0 Å². The number of carbonyl (C=O) groups is 2. The van der Waals surface area contributed by atoms with Crippen LogP contribution in [0.3, 0.4) is 0 Å². The van der Waals surface area contributed by atoms with Gasteiger partial charge in [0.05, 0.1) is 11.5 Å². The molecule has 6 N–H and O–H groups in total. The van der Waals surface area contributed by atoms with Crippen LogP contribution in [0.1, 0.15) is 24.8 Å². The second-order valence-electron chi connectivity index (χ2n) is 8.54. The molecule has 1 fully saturated rings. The van der Waals surface area contributed by atoms with Crippen molar-refractivity contribution < 1.29 is 37.4 Å². The standard InChI is InChI=1S/C22H25ClF4N6O4/c23-12-6-11(22(25,26)27)7-13(8-12)32-15(21(36)37)2-1-4-29-16-9-33(5-3-14(16)20(34)35)19-17(24)18(28)30-10-31-19/h6-8,10,14-16,29,32H,1-5,9H2,(H,34,35)(H,36,37)(H2,28,30,31)/t14?,15?,16-/m0/s1. The summed E-state index contributed by atoms with van der Waals surface area (Å²) in [6.07, 6.45) is -3.09.